The summed E-state index contributed by atoms with van der Waals surface area (Å²) in [5, 5.41) is 13.8. The average Bonchev–Trinajstić information content (AvgIpc) is 3.21. The maximum absolute atomic E-state index is 12.8. The summed E-state index contributed by atoms with van der Waals surface area (Å²) in [5.41, 5.74) is 3.65. The molecule has 0 saturated heterocycles. The molecule has 5 rings (SSSR count). The molecule has 1 amide bonds. The Morgan fingerprint density at radius 2 is 1.67 bits per heavy atom. The lowest BCUT2D eigenvalue weighted by Crippen LogP contribution is -2.32. The van der Waals surface area contributed by atoms with Crippen LogP contribution in [0, 0.1) is 0 Å². The van der Waals surface area contributed by atoms with Crippen molar-refractivity contribution in [3.8, 4) is 11.5 Å². The van der Waals surface area contributed by atoms with Crippen molar-refractivity contribution >= 4 is 23.3 Å². The van der Waals surface area contributed by atoms with Gasteiger partial charge in [0.2, 0.25) is 6.17 Å². The minimum absolute atomic E-state index is 0.0659. The molecular weight excluding hydrogens is 382 g/mol. The molecule has 2 N–H and O–H groups in total. The van der Waals surface area contributed by atoms with Crippen molar-refractivity contribution in [1.82, 2.24) is 20.2 Å². The first-order valence-corrected chi connectivity index (χ1v) is 9.17. The maximum Gasteiger partial charge on any atom is 0.317 e. The van der Waals surface area contributed by atoms with E-state index in [2.05, 4.69) is 35.8 Å². The number of carbonyl (C=O) groups is 1. The Balaban J connectivity index is 1.51. The SMILES string of the molecule is O=C1Nc2ccccc2C(c2ccccc2)=N[C@@H]1Nc1nnc(-c2cncnc2)o1. The van der Waals surface area contributed by atoms with Gasteiger partial charge in [-0.2, -0.15) is 0 Å². The van der Waals surface area contributed by atoms with Crippen LogP contribution in [0.3, 0.4) is 0 Å². The molecule has 4 aromatic rings. The molecule has 1 aliphatic rings. The molecule has 3 heterocycles. The Morgan fingerprint density at radius 1 is 0.900 bits per heavy atom. The molecule has 2 aromatic carbocycles. The zero-order valence-electron chi connectivity index (χ0n) is 15.6. The van der Waals surface area contributed by atoms with Crippen molar-refractivity contribution in [3.05, 3.63) is 84.4 Å². The van der Waals surface area contributed by atoms with Crippen LogP contribution in [0.4, 0.5) is 11.7 Å². The fraction of sp³-hybridized carbons (Fsp3) is 0.0476. The third kappa shape index (κ3) is 3.39. The minimum atomic E-state index is -0.965. The zero-order chi connectivity index (χ0) is 20.3. The molecule has 146 valence electrons. The monoisotopic (exact) mass is 397 g/mol. The number of aromatic nitrogens is 4. The number of benzodiazepines with no additional fused rings is 1. The summed E-state index contributed by atoms with van der Waals surface area (Å²) in [6.45, 7) is 0. The lowest BCUT2D eigenvalue weighted by molar-refractivity contribution is -0.116. The smallest absolute Gasteiger partial charge is 0.317 e. The number of carbonyl (C=O) groups excluding carboxylic acids is 1. The number of fused-ring (bicyclic) bond motifs is 1. The molecule has 9 heteroatoms. The van der Waals surface area contributed by atoms with Crippen LogP contribution in [0.25, 0.3) is 11.5 Å². The average molecular weight is 397 g/mol. The highest BCUT2D eigenvalue weighted by Crippen LogP contribution is 2.25. The Morgan fingerprint density at radius 3 is 2.50 bits per heavy atom. The number of rotatable bonds is 4. The van der Waals surface area contributed by atoms with Crippen molar-refractivity contribution in [3.63, 3.8) is 0 Å². The van der Waals surface area contributed by atoms with Crippen LogP contribution < -0.4 is 10.6 Å². The normalized spacial score (nSPS) is 15.5. The van der Waals surface area contributed by atoms with E-state index >= 15 is 0 Å². The first-order chi connectivity index (χ1) is 14.8. The van der Waals surface area contributed by atoms with Crippen molar-refractivity contribution in [2.75, 3.05) is 10.6 Å². The van der Waals surface area contributed by atoms with E-state index in [1.165, 1.54) is 6.33 Å². The van der Waals surface area contributed by atoms with Gasteiger partial charge in [-0.05, 0) is 6.07 Å². The van der Waals surface area contributed by atoms with Gasteiger partial charge in [-0.25, -0.2) is 15.0 Å². The van der Waals surface area contributed by atoms with E-state index in [9.17, 15) is 4.79 Å². The molecule has 1 atom stereocenters. The fourth-order valence-electron chi connectivity index (χ4n) is 3.11. The van der Waals surface area contributed by atoms with Crippen LogP contribution >= 0.6 is 0 Å². The van der Waals surface area contributed by atoms with Gasteiger partial charge in [0, 0.05) is 23.5 Å². The van der Waals surface area contributed by atoms with E-state index in [1.54, 1.807) is 12.4 Å². The number of amides is 1. The largest absolute Gasteiger partial charge is 0.403 e. The number of hydrogen-bond acceptors (Lipinski definition) is 8. The Labute approximate surface area is 170 Å². The summed E-state index contributed by atoms with van der Waals surface area (Å²) in [5.74, 6) is -0.0983. The van der Waals surface area contributed by atoms with Crippen molar-refractivity contribution in [1.29, 1.82) is 0 Å². The predicted octanol–water partition coefficient (Wildman–Crippen LogP) is 2.75. The number of anilines is 2. The molecule has 0 fully saturated rings. The summed E-state index contributed by atoms with van der Waals surface area (Å²) in [4.78, 5) is 25.4. The van der Waals surface area contributed by atoms with E-state index in [-0.39, 0.29) is 17.8 Å². The zero-order valence-corrected chi connectivity index (χ0v) is 15.6. The Kier molecular flexibility index (Phi) is 4.45. The van der Waals surface area contributed by atoms with Gasteiger partial charge in [-0.1, -0.05) is 53.6 Å². The molecule has 30 heavy (non-hydrogen) atoms. The van der Waals surface area contributed by atoms with Gasteiger partial charge in [0.1, 0.15) is 6.33 Å². The second-order valence-electron chi connectivity index (χ2n) is 6.46. The van der Waals surface area contributed by atoms with E-state index in [0.29, 0.717) is 17.0 Å². The number of nitrogens with zero attached hydrogens (tertiary/aromatic N) is 5. The van der Waals surface area contributed by atoms with Gasteiger partial charge in [0.15, 0.2) is 0 Å². The lowest BCUT2D eigenvalue weighted by atomic mass is 10.0. The molecule has 0 saturated carbocycles. The molecule has 0 spiro atoms. The Bertz CT molecular complexity index is 1220. The van der Waals surface area contributed by atoms with E-state index in [1.807, 2.05) is 54.6 Å². The topological polar surface area (TPSA) is 118 Å². The van der Waals surface area contributed by atoms with Gasteiger partial charge in [0.25, 0.3) is 11.8 Å². The van der Waals surface area contributed by atoms with E-state index in [0.717, 1.165) is 11.1 Å². The van der Waals surface area contributed by atoms with Crippen molar-refractivity contribution < 1.29 is 9.21 Å². The van der Waals surface area contributed by atoms with Gasteiger partial charge in [0.05, 0.1) is 17.0 Å². The number of hydrogen-bond donors (Lipinski definition) is 2. The van der Waals surface area contributed by atoms with E-state index in [4.69, 9.17) is 4.42 Å². The Hall–Kier alpha value is -4.40. The first kappa shape index (κ1) is 17.7. The highest BCUT2D eigenvalue weighted by molar-refractivity contribution is 6.19. The van der Waals surface area contributed by atoms with Crippen molar-refractivity contribution in [2.45, 2.75) is 6.17 Å². The summed E-state index contributed by atoms with van der Waals surface area (Å²) < 4.78 is 5.62. The standard InChI is InChI=1S/C21H15N7O2/c29-19-18(26-21-28-27-20(30-21)14-10-22-12-23-11-14)25-17(13-6-2-1-3-7-13)15-8-4-5-9-16(15)24-19/h1-12,18H,(H,24,29)(H,26,28)/t18-/m1/s1. The maximum atomic E-state index is 12.8. The second-order valence-corrected chi connectivity index (χ2v) is 6.46. The van der Waals surface area contributed by atoms with E-state index < -0.39 is 6.17 Å². The molecule has 0 radical (unpaired) electrons. The van der Waals surface area contributed by atoms with Crippen LogP contribution in [0.2, 0.25) is 0 Å². The number of para-hydroxylation sites is 1. The summed E-state index contributed by atoms with van der Waals surface area (Å²) in [6.07, 6.45) is 3.57. The number of benzene rings is 2. The molecule has 9 nitrogen and oxygen atoms in total. The van der Waals surface area contributed by atoms with Gasteiger partial charge >= 0.3 is 6.01 Å². The molecule has 0 bridgehead atoms. The van der Waals surface area contributed by atoms with Crippen LogP contribution in [0.5, 0.6) is 0 Å². The first-order valence-electron chi connectivity index (χ1n) is 9.17. The summed E-state index contributed by atoms with van der Waals surface area (Å²) in [6, 6.07) is 17.3. The molecule has 0 aliphatic carbocycles. The fourth-order valence-corrected chi connectivity index (χ4v) is 3.11. The van der Waals surface area contributed by atoms with Gasteiger partial charge < -0.3 is 15.1 Å². The molecule has 0 unspecified atom stereocenters. The van der Waals surface area contributed by atoms with Crippen LogP contribution in [0.1, 0.15) is 11.1 Å². The van der Waals surface area contributed by atoms with Crippen LogP contribution in [-0.2, 0) is 4.79 Å². The van der Waals surface area contributed by atoms with Crippen LogP contribution in [0.15, 0.2) is 82.7 Å². The number of aliphatic imine (C=N–C) groups is 1. The lowest BCUT2D eigenvalue weighted by Gasteiger charge is -2.11. The second kappa shape index (κ2) is 7.55. The summed E-state index contributed by atoms with van der Waals surface area (Å²) >= 11 is 0. The predicted molar refractivity (Wildman–Crippen MR) is 110 cm³/mol. The third-order valence-corrected chi connectivity index (χ3v) is 4.49. The highest BCUT2D eigenvalue weighted by Gasteiger charge is 2.27. The van der Waals surface area contributed by atoms with Gasteiger partial charge in [-0.3, -0.25) is 4.79 Å². The summed E-state index contributed by atoms with van der Waals surface area (Å²) in [7, 11) is 0. The molecular formula is C21H15N7O2. The third-order valence-electron chi connectivity index (χ3n) is 4.49. The quantitative estimate of drug-likeness (QED) is 0.543. The van der Waals surface area contributed by atoms with Crippen molar-refractivity contribution in [2.24, 2.45) is 4.99 Å². The molecule has 2 aromatic heterocycles. The highest BCUT2D eigenvalue weighted by atomic mass is 16.4. The van der Waals surface area contributed by atoms with Gasteiger partial charge in [-0.15, -0.1) is 5.10 Å². The van der Waals surface area contributed by atoms with Crippen LogP contribution in [-0.4, -0.2) is 37.9 Å². The number of nitrogens with one attached hydrogen (secondary N) is 2. The molecule has 1 aliphatic heterocycles. The minimum Gasteiger partial charge on any atom is -0.403 e.